The summed E-state index contributed by atoms with van der Waals surface area (Å²) in [7, 11) is 0. The number of nitrogens with one attached hydrogen (secondary N) is 2. The third-order valence-electron chi connectivity index (χ3n) is 3.98. The second-order valence-electron chi connectivity index (χ2n) is 5.76. The van der Waals surface area contributed by atoms with Gasteiger partial charge in [0.2, 0.25) is 0 Å². The standard InChI is InChI=1S/C20H21N5O/c1-2-25(15-17-6-4-3-5-7-17)18-10-8-16(9-11-18)14-22-24-20(26)19-12-13-21-23-19/h3-14H,2,15H2,1H3,(H,21,23)(H,24,26). The van der Waals surface area contributed by atoms with E-state index in [-0.39, 0.29) is 5.91 Å². The molecular weight excluding hydrogens is 326 g/mol. The average Bonchev–Trinajstić information content (AvgIpc) is 3.22. The van der Waals surface area contributed by atoms with Gasteiger partial charge in [0.05, 0.1) is 6.21 Å². The van der Waals surface area contributed by atoms with Gasteiger partial charge in [-0.15, -0.1) is 0 Å². The van der Waals surface area contributed by atoms with Gasteiger partial charge in [-0.2, -0.15) is 10.2 Å². The Kier molecular flexibility index (Phi) is 5.77. The molecular formula is C20H21N5O. The Balaban J connectivity index is 1.60. The van der Waals surface area contributed by atoms with Crippen molar-refractivity contribution in [3.63, 3.8) is 0 Å². The van der Waals surface area contributed by atoms with E-state index in [4.69, 9.17) is 0 Å². The van der Waals surface area contributed by atoms with Crippen molar-refractivity contribution in [2.75, 3.05) is 11.4 Å². The van der Waals surface area contributed by atoms with Gasteiger partial charge >= 0.3 is 0 Å². The molecule has 0 saturated carbocycles. The van der Waals surface area contributed by atoms with Crippen molar-refractivity contribution in [1.29, 1.82) is 0 Å². The Morgan fingerprint density at radius 2 is 1.92 bits per heavy atom. The van der Waals surface area contributed by atoms with Crippen LogP contribution in [0.5, 0.6) is 0 Å². The molecule has 6 heteroatoms. The lowest BCUT2D eigenvalue weighted by molar-refractivity contribution is 0.0950. The number of carbonyl (C=O) groups excluding carboxylic acids is 1. The Bertz CT molecular complexity index is 842. The van der Waals surface area contributed by atoms with Gasteiger partial charge in [-0.1, -0.05) is 42.5 Å². The smallest absolute Gasteiger partial charge is 0.289 e. The second-order valence-corrected chi connectivity index (χ2v) is 5.76. The van der Waals surface area contributed by atoms with Crippen LogP contribution < -0.4 is 10.3 Å². The molecule has 26 heavy (non-hydrogen) atoms. The maximum absolute atomic E-state index is 11.7. The van der Waals surface area contributed by atoms with Crippen molar-refractivity contribution in [2.24, 2.45) is 5.10 Å². The van der Waals surface area contributed by atoms with Gasteiger partial charge in [-0.3, -0.25) is 9.89 Å². The van der Waals surface area contributed by atoms with Crippen LogP contribution in [0.2, 0.25) is 0 Å². The highest BCUT2D eigenvalue weighted by Crippen LogP contribution is 2.17. The average molecular weight is 347 g/mol. The molecule has 0 saturated heterocycles. The minimum absolute atomic E-state index is 0.324. The molecule has 3 aromatic rings. The zero-order valence-electron chi connectivity index (χ0n) is 14.6. The van der Waals surface area contributed by atoms with Gasteiger partial charge < -0.3 is 4.90 Å². The maximum Gasteiger partial charge on any atom is 0.289 e. The number of aromatic amines is 1. The quantitative estimate of drug-likeness (QED) is 0.509. The number of hydrazone groups is 1. The van der Waals surface area contributed by atoms with Gasteiger partial charge in [0.15, 0.2) is 0 Å². The zero-order valence-corrected chi connectivity index (χ0v) is 14.6. The van der Waals surface area contributed by atoms with Crippen LogP contribution in [0.3, 0.4) is 0 Å². The van der Waals surface area contributed by atoms with Gasteiger partial charge in [0, 0.05) is 25.0 Å². The van der Waals surface area contributed by atoms with Crippen molar-refractivity contribution in [1.82, 2.24) is 15.6 Å². The molecule has 6 nitrogen and oxygen atoms in total. The number of carbonyl (C=O) groups is 1. The van der Waals surface area contributed by atoms with E-state index in [1.165, 1.54) is 11.8 Å². The first kappa shape index (κ1) is 17.4. The van der Waals surface area contributed by atoms with Crippen molar-refractivity contribution < 1.29 is 4.79 Å². The zero-order chi connectivity index (χ0) is 18.2. The Labute approximate surface area is 152 Å². The highest BCUT2D eigenvalue weighted by atomic mass is 16.2. The van der Waals surface area contributed by atoms with E-state index < -0.39 is 0 Å². The van der Waals surface area contributed by atoms with Gasteiger partial charge in [0.1, 0.15) is 5.69 Å². The molecule has 0 bridgehead atoms. The molecule has 2 N–H and O–H groups in total. The molecule has 0 aliphatic rings. The molecule has 0 unspecified atom stereocenters. The van der Waals surface area contributed by atoms with Crippen molar-refractivity contribution in [2.45, 2.75) is 13.5 Å². The van der Waals surface area contributed by atoms with Gasteiger partial charge in [-0.25, -0.2) is 5.43 Å². The normalized spacial score (nSPS) is 10.8. The molecule has 1 aromatic heterocycles. The van der Waals surface area contributed by atoms with Crippen LogP contribution in [-0.4, -0.2) is 28.9 Å². The molecule has 0 radical (unpaired) electrons. The number of benzene rings is 2. The summed E-state index contributed by atoms with van der Waals surface area (Å²) in [5.41, 5.74) is 6.17. The molecule has 1 amide bonds. The molecule has 0 fully saturated rings. The number of H-pyrrole nitrogens is 1. The molecule has 2 aromatic carbocycles. The van der Waals surface area contributed by atoms with E-state index in [2.05, 4.69) is 68.9 Å². The number of hydrogen-bond acceptors (Lipinski definition) is 4. The molecule has 0 spiro atoms. The largest absolute Gasteiger partial charge is 0.367 e. The number of anilines is 1. The summed E-state index contributed by atoms with van der Waals surface area (Å²) in [6, 6.07) is 20.1. The van der Waals surface area contributed by atoms with Gasteiger partial charge in [-0.05, 0) is 36.2 Å². The minimum Gasteiger partial charge on any atom is -0.367 e. The van der Waals surface area contributed by atoms with Gasteiger partial charge in [0.25, 0.3) is 5.91 Å². The first-order valence-corrected chi connectivity index (χ1v) is 8.48. The number of nitrogens with zero attached hydrogens (tertiary/aromatic N) is 3. The summed E-state index contributed by atoms with van der Waals surface area (Å²) in [5, 5.41) is 10.3. The second kappa shape index (κ2) is 8.62. The van der Waals surface area contributed by atoms with Crippen LogP contribution in [0, 0.1) is 0 Å². The monoisotopic (exact) mass is 347 g/mol. The molecule has 3 rings (SSSR count). The Hall–Kier alpha value is -3.41. The molecule has 0 aliphatic heterocycles. The van der Waals surface area contributed by atoms with E-state index in [0.29, 0.717) is 5.69 Å². The van der Waals surface area contributed by atoms with E-state index in [1.54, 1.807) is 12.3 Å². The number of rotatable bonds is 7. The lowest BCUT2D eigenvalue weighted by Crippen LogP contribution is -2.21. The molecule has 0 aliphatic carbocycles. The summed E-state index contributed by atoms with van der Waals surface area (Å²) in [6.45, 7) is 3.93. The predicted molar refractivity (Wildman–Crippen MR) is 103 cm³/mol. The fraction of sp³-hybridized carbons (Fsp3) is 0.150. The van der Waals surface area contributed by atoms with Crippen LogP contribution in [-0.2, 0) is 6.54 Å². The SMILES string of the molecule is CCN(Cc1ccccc1)c1ccc(C=NNC(=O)c2ccn[nH]2)cc1. The maximum atomic E-state index is 11.7. The Morgan fingerprint density at radius 1 is 1.15 bits per heavy atom. The first-order valence-electron chi connectivity index (χ1n) is 8.48. The lowest BCUT2D eigenvalue weighted by atomic mass is 10.1. The first-order chi connectivity index (χ1) is 12.8. The van der Waals surface area contributed by atoms with E-state index >= 15 is 0 Å². The molecule has 132 valence electrons. The van der Waals surface area contributed by atoms with Crippen LogP contribution in [0.4, 0.5) is 5.69 Å². The summed E-state index contributed by atoms with van der Waals surface area (Å²) < 4.78 is 0. The van der Waals surface area contributed by atoms with E-state index in [0.717, 1.165) is 24.3 Å². The molecule has 1 heterocycles. The summed E-state index contributed by atoms with van der Waals surface area (Å²) in [6.07, 6.45) is 3.14. The summed E-state index contributed by atoms with van der Waals surface area (Å²) >= 11 is 0. The Morgan fingerprint density at radius 3 is 2.58 bits per heavy atom. The highest BCUT2D eigenvalue weighted by molar-refractivity contribution is 5.93. The third kappa shape index (κ3) is 4.57. The third-order valence-corrected chi connectivity index (χ3v) is 3.98. The molecule has 0 atom stereocenters. The predicted octanol–water partition coefficient (Wildman–Crippen LogP) is 3.20. The minimum atomic E-state index is -0.324. The highest BCUT2D eigenvalue weighted by Gasteiger charge is 2.06. The summed E-state index contributed by atoms with van der Waals surface area (Å²) in [4.78, 5) is 14.1. The van der Waals surface area contributed by atoms with Crippen LogP contribution in [0.15, 0.2) is 72.0 Å². The van der Waals surface area contributed by atoms with Crippen LogP contribution in [0.1, 0.15) is 28.5 Å². The van der Waals surface area contributed by atoms with Crippen LogP contribution in [0.25, 0.3) is 0 Å². The van der Waals surface area contributed by atoms with Crippen molar-refractivity contribution in [3.8, 4) is 0 Å². The lowest BCUT2D eigenvalue weighted by Gasteiger charge is -2.23. The number of aromatic nitrogens is 2. The number of hydrogen-bond donors (Lipinski definition) is 2. The summed E-state index contributed by atoms with van der Waals surface area (Å²) in [5.74, 6) is -0.324. The fourth-order valence-corrected chi connectivity index (χ4v) is 2.57. The topological polar surface area (TPSA) is 73.4 Å². The van der Waals surface area contributed by atoms with Crippen molar-refractivity contribution >= 4 is 17.8 Å². The van der Waals surface area contributed by atoms with Crippen molar-refractivity contribution in [3.05, 3.63) is 83.7 Å². The number of amides is 1. The fourth-order valence-electron chi connectivity index (χ4n) is 2.57. The van der Waals surface area contributed by atoms with E-state index in [1.807, 2.05) is 18.2 Å². The van der Waals surface area contributed by atoms with Crippen LogP contribution >= 0.6 is 0 Å². The van der Waals surface area contributed by atoms with E-state index in [9.17, 15) is 4.79 Å².